The molecule has 0 aromatic heterocycles. The predicted octanol–water partition coefficient (Wildman–Crippen LogP) is 5.37. The fourth-order valence-electron chi connectivity index (χ4n) is 6.14. The van der Waals surface area contributed by atoms with Crippen LogP contribution >= 0.6 is 15.9 Å². The minimum atomic E-state index is -2.82. The SMILES string of the molecule is CN(Cc1ccc(OC(F)F)cc1)C(=O)CC12CC3CC(CC(Br)(C3)C1)C2. The zero-order chi connectivity index (χ0) is 19.2. The monoisotopic (exact) mass is 441 g/mol. The van der Waals surface area contributed by atoms with E-state index in [1.54, 1.807) is 17.0 Å². The van der Waals surface area contributed by atoms with Crippen molar-refractivity contribution in [1.29, 1.82) is 0 Å². The predicted molar refractivity (Wildman–Crippen MR) is 103 cm³/mol. The van der Waals surface area contributed by atoms with Crippen LogP contribution in [0.3, 0.4) is 0 Å². The number of benzene rings is 1. The van der Waals surface area contributed by atoms with Gasteiger partial charge < -0.3 is 9.64 Å². The van der Waals surface area contributed by atoms with Gasteiger partial charge in [0.15, 0.2) is 0 Å². The van der Waals surface area contributed by atoms with Crippen LogP contribution in [0.2, 0.25) is 0 Å². The molecule has 0 aliphatic heterocycles. The topological polar surface area (TPSA) is 29.5 Å². The number of amides is 1. The second-order valence-corrected chi connectivity index (χ2v) is 10.7. The van der Waals surface area contributed by atoms with Crippen molar-refractivity contribution in [2.75, 3.05) is 7.05 Å². The van der Waals surface area contributed by atoms with Crippen molar-refractivity contribution in [1.82, 2.24) is 4.90 Å². The first-order valence-corrected chi connectivity index (χ1v) is 10.5. The Hall–Kier alpha value is -1.17. The summed E-state index contributed by atoms with van der Waals surface area (Å²) in [6.07, 6.45) is 7.99. The molecule has 148 valence electrons. The molecule has 0 heterocycles. The molecule has 4 aliphatic rings. The molecule has 4 fully saturated rings. The fraction of sp³-hybridized carbons (Fsp3) is 0.667. The summed E-state index contributed by atoms with van der Waals surface area (Å²) in [4.78, 5) is 14.7. The summed E-state index contributed by atoms with van der Waals surface area (Å²) in [6.45, 7) is -2.34. The molecule has 0 N–H and O–H groups in total. The Morgan fingerprint density at radius 1 is 1.22 bits per heavy atom. The summed E-state index contributed by atoms with van der Waals surface area (Å²) in [5.74, 6) is 1.86. The summed E-state index contributed by atoms with van der Waals surface area (Å²) >= 11 is 4.01. The van der Waals surface area contributed by atoms with Crippen LogP contribution in [0, 0.1) is 17.3 Å². The van der Waals surface area contributed by atoms with Gasteiger partial charge in [-0.1, -0.05) is 28.1 Å². The van der Waals surface area contributed by atoms with Crippen molar-refractivity contribution < 1.29 is 18.3 Å². The van der Waals surface area contributed by atoms with E-state index in [0.29, 0.717) is 13.0 Å². The number of nitrogens with zero attached hydrogens (tertiary/aromatic N) is 1. The van der Waals surface area contributed by atoms with Crippen LogP contribution in [0.15, 0.2) is 24.3 Å². The molecule has 0 saturated heterocycles. The zero-order valence-corrected chi connectivity index (χ0v) is 17.2. The Kier molecular flexibility index (Phi) is 4.98. The zero-order valence-electron chi connectivity index (χ0n) is 15.6. The van der Waals surface area contributed by atoms with E-state index in [2.05, 4.69) is 20.7 Å². The number of hydrogen-bond donors (Lipinski definition) is 0. The van der Waals surface area contributed by atoms with E-state index in [9.17, 15) is 13.6 Å². The van der Waals surface area contributed by atoms with E-state index in [4.69, 9.17) is 0 Å². The van der Waals surface area contributed by atoms with Crippen LogP contribution in [0.1, 0.15) is 50.5 Å². The van der Waals surface area contributed by atoms with Crippen LogP contribution in [-0.2, 0) is 11.3 Å². The van der Waals surface area contributed by atoms with Crippen molar-refractivity contribution in [2.24, 2.45) is 17.3 Å². The molecule has 5 rings (SSSR count). The maximum absolute atomic E-state index is 12.9. The third kappa shape index (κ3) is 4.15. The van der Waals surface area contributed by atoms with Gasteiger partial charge in [-0.15, -0.1) is 0 Å². The summed E-state index contributed by atoms with van der Waals surface area (Å²) in [6, 6.07) is 6.51. The highest BCUT2D eigenvalue weighted by atomic mass is 79.9. The van der Waals surface area contributed by atoms with Gasteiger partial charge in [0.1, 0.15) is 5.75 Å². The molecule has 2 atom stereocenters. The number of carbonyl (C=O) groups is 1. The number of rotatable bonds is 6. The molecule has 1 aromatic carbocycles. The van der Waals surface area contributed by atoms with E-state index in [1.807, 2.05) is 7.05 Å². The smallest absolute Gasteiger partial charge is 0.387 e. The van der Waals surface area contributed by atoms with E-state index in [-0.39, 0.29) is 21.4 Å². The maximum Gasteiger partial charge on any atom is 0.387 e. The molecule has 0 spiro atoms. The fourth-order valence-corrected chi connectivity index (χ4v) is 7.65. The van der Waals surface area contributed by atoms with Crippen molar-refractivity contribution in [3.8, 4) is 5.75 Å². The van der Waals surface area contributed by atoms with Gasteiger partial charge in [0.05, 0.1) is 0 Å². The third-order valence-electron chi connectivity index (χ3n) is 6.63. The maximum atomic E-state index is 12.9. The van der Waals surface area contributed by atoms with Gasteiger partial charge in [0, 0.05) is 24.3 Å². The van der Waals surface area contributed by atoms with E-state index in [0.717, 1.165) is 23.8 Å². The second kappa shape index (κ2) is 7.02. The highest BCUT2D eigenvalue weighted by Gasteiger charge is 2.57. The Morgan fingerprint density at radius 3 is 2.41 bits per heavy atom. The summed E-state index contributed by atoms with van der Waals surface area (Å²) < 4.78 is 29.1. The molecule has 1 amide bonds. The average Bonchev–Trinajstić information content (AvgIpc) is 2.53. The molecule has 2 unspecified atom stereocenters. The standard InChI is InChI=1S/C21H26BrF2NO2/c1-25(12-14-2-4-17(5-3-14)27-19(23)24)18(26)11-20-7-15-6-16(8-20)10-21(22,9-15)13-20/h2-5,15-16,19H,6-13H2,1H3. The average molecular weight is 442 g/mol. The minimum Gasteiger partial charge on any atom is -0.435 e. The number of carbonyl (C=O) groups excluding carboxylic acids is 1. The van der Waals surface area contributed by atoms with Crippen molar-refractivity contribution in [3.05, 3.63) is 29.8 Å². The van der Waals surface area contributed by atoms with Gasteiger partial charge in [0.25, 0.3) is 0 Å². The van der Waals surface area contributed by atoms with Gasteiger partial charge >= 0.3 is 6.61 Å². The summed E-state index contributed by atoms with van der Waals surface area (Å²) in [5.41, 5.74) is 1.07. The molecular formula is C21H26BrF2NO2. The highest BCUT2D eigenvalue weighted by molar-refractivity contribution is 9.10. The molecule has 1 aromatic rings. The Balaban J connectivity index is 1.37. The summed E-state index contributed by atoms with van der Waals surface area (Å²) in [7, 11) is 1.83. The van der Waals surface area contributed by atoms with Gasteiger partial charge in [-0.3, -0.25) is 4.79 Å². The third-order valence-corrected chi connectivity index (χ3v) is 7.56. The molecular weight excluding hydrogens is 416 g/mol. The molecule has 27 heavy (non-hydrogen) atoms. The second-order valence-electron chi connectivity index (χ2n) is 9.06. The van der Waals surface area contributed by atoms with Gasteiger partial charge in [-0.25, -0.2) is 0 Å². The van der Waals surface area contributed by atoms with Crippen molar-refractivity contribution in [3.63, 3.8) is 0 Å². The Morgan fingerprint density at radius 2 is 1.85 bits per heavy atom. The van der Waals surface area contributed by atoms with Crippen molar-refractivity contribution >= 4 is 21.8 Å². The van der Waals surface area contributed by atoms with E-state index in [1.165, 1.54) is 44.2 Å². The lowest BCUT2D eigenvalue weighted by Crippen LogP contribution is -2.54. The first-order valence-electron chi connectivity index (χ1n) is 9.71. The number of ether oxygens (including phenoxy) is 1. The number of alkyl halides is 3. The first-order chi connectivity index (χ1) is 12.7. The largest absolute Gasteiger partial charge is 0.435 e. The van der Waals surface area contributed by atoms with Crippen LogP contribution < -0.4 is 4.74 Å². The highest BCUT2D eigenvalue weighted by Crippen LogP contribution is 2.65. The lowest BCUT2D eigenvalue weighted by Gasteiger charge is -2.60. The Bertz CT molecular complexity index is 695. The van der Waals surface area contributed by atoms with E-state index < -0.39 is 6.61 Å². The number of hydrogen-bond acceptors (Lipinski definition) is 2. The summed E-state index contributed by atoms with van der Waals surface area (Å²) in [5, 5.41) is 0. The first kappa shape index (κ1) is 19.2. The molecule has 4 saturated carbocycles. The van der Waals surface area contributed by atoms with Gasteiger partial charge in [-0.2, -0.15) is 8.78 Å². The molecule has 0 radical (unpaired) electrons. The molecule has 6 heteroatoms. The van der Waals surface area contributed by atoms with E-state index >= 15 is 0 Å². The lowest BCUT2D eigenvalue weighted by molar-refractivity contribution is -0.137. The lowest BCUT2D eigenvalue weighted by atomic mass is 9.48. The quantitative estimate of drug-likeness (QED) is 0.555. The normalized spacial score (nSPS) is 34.1. The molecule has 4 aliphatic carbocycles. The van der Waals surface area contributed by atoms with Crippen molar-refractivity contribution in [2.45, 2.75) is 62.4 Å². The Labute approximate surface area is 167 Å². The number of halogens is 3. The van der Waals surface area contributed by atoms with Crippen LogP contribution in [-0.4, -0.2) is 28.8 Å². The molecule has 3 nitrogen and oxygen atoms in total. The van der Waals surface area contributed by atoms with Crippen LogP contribution in [0.25, 0.3) is 0 Å². The molecule has 4 bridgehead atoms. The van der Waals surface area contributed by atoms with Crippen LogP contribution in [0.5, 0.6) is 5.75 Å². The van der Waals surface area contributed by atoms with Crippen LogP contribution in [0.4, 0.5) is 8.78 Å². The van der Waals surface area contributed by atoms with Gasteiger partial charge in [-0.05, 0) is 73.5 Å². The minimum absolute atomic E-state index is 0.138. The van der Waals surface area contributed by atoms with Gasteiger partial charge in [0.2, 0.25) is 5.91 Å².